The molecule has 3 aliphatic rings. The first-order valence-corrected chi connectivity index (χ1v) is 10.5. The van der Waals surface area contributed by atoms with Gasteiger partial charge in [0, 0.05) is 32.6 Å². The number of hydrogen-bond donors (Lipinski definition) is 0. The van der Waals surface area contributed by atoms with Gasteiger partial charge in [-0.15, -0.1) is 0 Å². The molecule has 1 aromatic rings. The maximum Gasteiger partial charge on any atom is 0.433 e. The molecule has 3 fully saturated rings. The lowest BCUT2D eigenvalue weighted by Gasteiger charge is -2.36. The molecular weight excluding hydrogens is 367 g/mol. The van der Waals surface area contributed by atoms with E-state index in [0.29, 0.717) is 44.2 Å². The Bertz CT molecular complexity index is 677. The largest absolute Gasteiger partial charge is 0.433 e. The van der Waals surface area contributed by atoms with Crippen LogP contribution in [0.25, 0.3) is 0 Å². The van der Waals surface area contributed by atoms with E-state index in [0.717, 1.165) is 17.9 Å². The minimum absolute atomic E-state index is 0.244. The molecule has 1 amide bonds. The summed E-state index contributed by atoms with van der Waals surface area (Å²) in [6, 6.07) is 2.48. The van der Waals surface area contributed by atoms with Crippen molar-refractivity contribution in [2.45, 2.75) is 51.1 Å². The molecule has 4 rings (SSSR count). The Kier molecular flexibility index (Phi) is 5.52. The molecule has 2 aliphatic carbocycles. The molecule has 2 atom stereocenters. The van der Waals surface area contributed by atoms with Gasteiger partial charge in [-0.2, -0.15) is 13.2 Å². The zero-order valence-electron chi connectivity index (χ0n) is 16.1. The van der Waals surface area contributed by atoms with Crippen molar-refractivity contribution in [3.8, 4) is 0 Å². The Morgan fingerprint density at radius 3 is 2.39 bits per heavy atom. The monoisotopic (exact) mass is 395 g/mol. The lowest BCUT2D eigenvalue weighted by atomic mass is 9.85. The van der Waals surface area contributed by atoms with E-state index in [9.17, 15) is 18.0 Å². The number of aromatic nitrogens is 1. The first kappa shape index (κ1) is 19.5. The number of carbonyl (C=O) groups is 1. The first-order chi connectivity index (χ1) is 13.4. The number of anilines is 1. The van der Waals surface area contributed by atoms with Crippen molar-refractivity contribution in [2.75, 3.05) is 31.1 Å². The van der Waals surface area contributed by atoms with Gasteiger partial charge in [-0.25, -0.2) is 4.98 Å². The van der Waals surface area contributed by atoms with Gasteiger partial charge in [-0.1, -0.05) is 32.1 Å². The smallest absolute Gasteiger partial charge is 0.367 e. The van der Waals surface area contributed by atoms with Gasteiger partial charge in [-0.3, -0.25) is 4.79 Å². The van der Waals surface area contributed by atoms with Gasteiger partial charge in [-0.05, 0) is 36.3 Å². The average Bonchev–Trinajstić information content (AvgIpc) is 3.47. The number of rotatable bonds is 4. The van der Waals surface area contributed by atoms with Gasteiger partial charge < -0.3 is 9.80 Å². The van der Waals surface area contributed by atoms with Crippen LogP contribution in [0.5, 0.6) is 0 Å². The highest BCUT2D eigenvalue weighted by atomic mass is 19.4. The van der Waals surface area contributed by atoms with Gasteiger partial charge in [0.05, 0.1) is 11.9 Å². The molecule has 2 heterocycles. The van der Waals surface area contributed by atoms with Crippen molar-refractivity contribution in [3.63, 3.8) is 0 Å². The molecular formula is C21H28F3N3O. The van der Waals surface area contributed by atoms with Crippen molar-refractivity contribution in [2.24, 2.45) is 17.8 Å². The lowest BCUT2D eigenvalue weighted by molar-refractivity contribution is -0.141. The van der Waals surface area contributed by atoms with Crippen LogP contribution in [-0.2, 0) is 11.0 Å². The number of carbonyl (C=O) groups excluding carboxylic acids is 1. The summed E-state index contributed by atoms with van der Waals surface area (Å²) in [7, 11) is 0. The third-order valence-corrected chi connectivity index (χ3v) is 6.71. The summed E-state index contributed by atoms with van der Waals surface area (Å²) in [5.74, 6) is 2.43. The SMILES string of the molecule is O=C(CC1CC1C1CCCCC1)N1CCN(c2ccc(C(F)(F)F)nc2)CC1. The second kappa shape index (κ2) is 7.91. The Labute approximate surface area is 164 Å². The molecule has 4 nitrogen and oxygen atoms in total. The number of alkyl halides is 3. The van der Waals surface area contributed by atoms with Crippen LogP contribution in [0.2, 0.25) is 0 Å². The molecule has 0 aromatic carbocycles. The highest BCUT2D eigenvalue weighted by Crippen LogP contribution is 2.51. The quantitative estimate of drug-likeness (QED) is 0.760. The van der Waals surface area contributed by atoms with E-state index in [4.69, 9.17) is 0 Å². The fourth-order valence-electron chi connectivity index (χ4n) is 4.95. The second-order valence-electron chi connectivity index (χ2n) is 8.53. The van der Waals surface area contributed by atoms with Gasteiger partial charge in [0.25, 0.3) is 0 Å². The number of nitrogens with zero attached hydrogens (tertiary/aromatic N) is 3. The van der Waals surface area contributed by atoms with Gasteiger partial charge in [0.15, 0.2) is 0 Å². The minimum Gasteiger partial charge on any atom is -0.367 e. The van der Waals surface area contributed by atoms with Crippen molar-refractivity contribution in [1.82, 2.24) is 9.88 Å². The zero-order chi connectivity index (χ0) is 19.7. The summed E-state index contributed by atoms with van der Waals surface area (Å²) in [4.78, 5) is 20.1. The molecule has 28 heavy (non-hydrogen) atoms. The maximum atomic E-state index is 12.6. The number of halogens is 3. The van der Waals surface area contributed by atoms with E-state index in [2.05, 4.69) is 4.98 Å². The van der Waals surface area contributed by atoms with Crippen LogP contribution >= 0.6 is 0 Å². The summed E-state index contributed by atoms with van der Waals surface area (Å²) in [5.41, 5.74) is -0.193. The normalized spacial score (nSPS) is 26.4. The van der Waals surface area contributed by atoms with Crippen molar-refractivity contribution in [1.29, 1.82) is 0 Å². The van der Waals surface area contributed by atoms with E-state index >= 15 is 0 Å². The Balaban J connectivity index is 1.23. The van der Waals surface area contributed by atoms with E-state index in [1.165, 1.54) is 50.8 Å². The van der Waals surface area contributed by atoms with Gasteiger partial charge >= 0.3 is 6.18 Å². The third kappa shape index (κ3) is 4.44. The van der Waals surface area contributed by atoms with Crippen LogP contribution in [0.4, 0.5) is 18.9 Å². The number of pyridine rings is 1. The van der Waals surface area contributed by atoms with Crippen LogP contribution in [-0.4, -0.2) is 42.0 Å². The summed E-state index contributed by atoms with van der Waals surface area (Å²) in [6.07, 6.45) is 5.50. The summed E-state index contributed by atoms with van der Waals surface area (Å²) in [6.45, 7) is 2.52. The van der Waals surface area contributed by atoms with E-state index < -0.39 is 11.9 Å². The van der Waals surface area contributed by atoms with E-state index in [1.807, 2.05) is 9.80 Å². The van der Waals surface area contributed by atoms with Crippen molar-refractivity contribution < 1.29 is 18.0 Å². The van der Waals surface area contributed by atoms with Crippen LogP contribution in [0.3, 0.4) is 0 Å². The van der Waals surface area contributed by atoms with E-state index in [-0.39, 0.29) is 5.91 Å². The summed E-state index contributed by atoms with van der Waals surface area (Å²) < 4.78 is 37.9. The molecule has 0 radical (unpaired) electrons. The molecule has 1 aromatic heterocycles. The van der Waals surface area contributed by atoms with E-state index in [1.54, 1.807) is 0 Å². The first-order valence-electron chi connectivity index (χ1n) is 10.5. The molecule has 0 N–H and O–H groups in total. The zero-order valence-corrected chi connectivity index (χ0v) is 16.1. The predicted octanol–water partition coefficient (Wildman–Crippen LogP) is 4.36. The van der Waals surface area contributed by atoms with Crippen LogP contribution in [0.15, 0.2) is 18.3 Å². The highest BCUT2D eigenvalue weighted by Gasteiger charge is 2.44. The fourth-order valence-corrected chi connectivity index (χ4v) is 4.95. The fraction of sp³-hybridized carbons (Fsp3) is 0.714. The average molecular weight is 395 g/mol. The standard InChI is InChI=1S/C21H28F3N3O/c22-21(23,24)19-7-6-17(14-25-19)26-8-10-27(11-9-26)20(28)13-16-12-18(16)15-4-2-1-3-5-15/h6-7,14-16,18H,1-5,8-13H2. The second-order valence-corrected chi connectivity index (χ2v) is 8.53. The van der Waals surface area contributed by atoms with Gasteiger partial charge in [0.1, 0.15) is 5.69 Å². The summed E-state index contributed by atoms with van der Waals surface area (Å²) in [5, 5.41) is 0. The molecule has 0 bridgehead atoms. The Hall–Kier alpha value is -1.79. The van der Waals surface area contributed by atoms with Crippen molar-refractivity contribution in [3.05, 3.63) is 24.0 Å². The van der Waals surface area contributed by atoms with Gasteiger partial charge in [0.2, 0.25) is 5.91 Å². The third-order valence-electron chi connectivity index (χ3n) is 6.71. The number of hydrogen-bond acceptors (Lipinski definition) is 3. The topological polar surface area (TPSA) is 36.4 Å². The van der Waals surface area contributed by atoms with Crippen LogP contribution < -0.4 is 4.90 Å². The maximum absolute atomic E-state index is 12.6. The Morgan fingerprint density at radius 1 is 1.07 bits per heavy atom. The molecule has 154 valence electrons. The molecule has 7 heteroatoms. The molecule has 1 saturated heterocycles. The highest BCUT2D eigenvalue weighted by molar-refractivity contribution is 5.77. The van der Waals surface area contributed by atoms with Crippen LogP contribution in [0.1, 0.15) is 50.6 Å². The molecule has 2 unspecified atom stereocenters. The lowest BCUT2D eigenvalue weighted by Crippen LogP contribution is -2.49. The number of amides is 1. The number of piperazine rings is 1. The summed E-state index contributed by atoms with van der Waals surface area (Å²) >= 11 is 0. The minimum atomic E-state index is -4.41. The molecule has 0 spiro atoms. The van der Waals surface area contributed by atoms with Crippen LogP contribution in [0, 0.1) is 17.8 Å². The molecule has 1 aliphatic heterocycles. The van der Waals surface area contributed by atoms with Crippen molar-refractivity contribution >= 4 is 11.6 Å². The molecule has 2 saturated carbocycles. The Morgan fingerprint density at radius 2 is 1.79 bits per heavy atom. The predicted molar refractivity (Wildman–Crippen MR) is 101 cm³/mol.